The summed E-state index contributed by atoms with van der Waals surface area (Å²) in [6.07, 6.45) is 5.43. The largest absolute Gasteiger partial charge is 0.354 e. The first-order valence-corrected chi connectivity index (χ1v) is 9.29. The predicted octanol–water partition coefficient (Wildman–Crippen LogP) is 2.99. The summed E-state index contributed by atoms with van der Waals surface area (Å²) in [6, 6.07) is 16.0. The van der Waals surface area contributed by atoms with E-state index in [0.29, 0.717) is 18.8 Å². The maximum atomic E-state index is 11.9. The Bertz CT molecular complexity index is 789. The third kappa shape index (κ3) is 5.46. The minimum Gasteiger partial charge on any atom is -0.354 e. The van der Waals surface area contributed by atoms with Crippen LogP contribution >= 0.6 is 11.8 Å². The molecule has 1 N–H and O–H groups in total. The van der Waals surface area contributed by atoms with Crippen LogP contribution in [0.2, 0.25) is 0 Å². The molecular weight excluding hydrogens is 332 g/mol. The van der Waals surface area contributed by atoms with Gasteiger partial charge in [-0.1, -0.05) is 30.3 Å². The highest BCUT2D eigenvalue weighted by molar-refractivity contribution is 7.99. The molecule has 0 bridgehead atoms. The molecule has 0 atom stereocenters. The van der Waals surface area contributed by atoms with Crippen molar-refractivity contribution in [2.75, 3.05) is 12.3 Å². The van der Waals surface area contributed by atoms with E-state index in [1.165, 1.54) is 5.56 Å². The van der Waals surface area contributed by atoms with Gasteiger partial charge in [-0.05, 0) is 23.8 Å². The molecule has 0 fully saturated rings. The number of hydrogen-bond acceptors (Lipinski definition) is 4. The smallest absolute Gasteiger partial charge is 0.230 e. The summed E-state index contributed by atoms with van der Waals surface area (Å²) in [6.45, 7) is 1.22. The number of aromatic nitrogens is 3. The first-order valence-electron chi connectivity index (χ1n) is 8.13. The van der Waals surface area contributed by atoms with Gasteiger partial charge in [-0.2, -0.15) is 5.10 Å². The Kier molecular flexibility index (Phi) is 6.23. The van der Waals surface area contributed by atoms with Gasteiger partial charge in [0.05, 0.1) is 18.0 Å². The van der Waals surface area contributed by atoms with Gasteiger partial charge in [0.15, 0.2) is 0 Å². The molecule has 0 aliphatic carbocycles. The van der Waals surface area contributed by atoms with Crippen molar-refractivity contribution in [3.8, 4) is 11.3 Å². The molecule has 0 radical (unpaired) electrons. The van der Waals surface area contributed by atoms with E-state index in [1.54, 1.807) is 24.2 Å². The third-order valence-electron chi connectivity index (χ3n) is 3.62. The van der Waals surface area contributed by atoms with Gasteiger partial charge in [0.25, 0.3) is 0 Å². The molecule has 0 saturated heterocycles. The first-order chi connectivity index (χ1) is 12.3. The van der Waals surface area contributed by atoms with Crippen LogP contribution in [0.4, 0.5) is 0 Å². The topological polar surface area (TPSA) is 59.8 Å². The second-order valence-electron chi connectivity index (χ2n) is 5.53. The van der Waals surface area contributed by atoms with Crippen molar-refractivity contribution in [2.45, 2.75) is 12.3 Å². The molecule has 0 saturated carbocycles. The zero-order valence-corrected chi connectivity index (χ0v) is 14.7. The molecule has 3 aromatic rings. The Morgan fingerprint density at radius 2 is 1.88 bits per heavy atom. The van der Waals surface area contributed by atoms with Crippen molar-refractivity contribution in [3.63, 3.8) is 0 Å². The molecule has 1 amide bonds. The van der Waals surface area contributed by atoms with E-state index >= 15 is 0 Å². The van der Waals surface area contributed by atoms with E-state index in [1.807, 2.05) is 47.3 Å². The van der Waals surface area contributed by atoms with Gasteiger partial charge >= 0.3 is 0 Å². The van der Waals surface area contributed by atoms with Crippen LogP contribution in [0.5, 0.6) is 0 Å². The van der Waals surface area contributed by atoms with Gasteiger partial charge in [-0.15, -0.1) is 11.8 Å². The van der Waals surface area contributed by atoms with E-state index in [4.69, 9.17) is 0 Å². The van der Waals surface area contributed by atoms with Crippen LogP contribution in [0.15, 0.2) is 67.1 Å². The van der Waals surface area contributed by atoms with Crippen LogP contribution in [-0.4, -0.2) is 33.0 Å². The number of benzene rings is 1. The molecule has 1 aromatic carbocycles. The van der Waals surface area contributed by atoms with E-state index in [0.717, 1.165) is 17.0 Å². The van der Waals surface area contributed by atoms with Gasteiger partial charge in [-0.3, -0.25) is 14.5 Å². The Morgan fingerprint density at radius 1 is 1.08 bits per heavy atom. The van der Waals surface area contributed by atoms with E-state index in [2.05, 4.69) is 27.5 Å². The Balaban J connectivity index is 1.36. The number of nitrogens with zero attached hydrogens (tertiary/aromatic N) is 3. The maximum absolute atomic E-state index is 11.9. The lowest BCUT2D eigenvalue weighted by molar-refractivity contribution is -0.118. The van der Waals surface area contributed by atoms with Crippen molar-refractivity contribution in [1.29, 1.82) is 0 Å². The van der Waals surface area contributed by atoms with Crippen LogP contribution in [0.25, 0.3) is 11.3 Å². The summed E-state index contributed by atoms with van der Waals surface area (Å²) >= 11 is 1.62. The van der Waals surface area contributed by atoms with Gasteiger partial charge < -0.3 is 5.32 Å². The molecule has 2 aromatic heterocycles. The second kappa shape index (κ2) is 9.03. The molecule has 25 heavy (non-hydrogen) atoms. The number of thioether (sulfide) groups is 1. The van der Waals surface area contributed by atoms with Gasteiger partial charge in [0, 0.05) is 36.5 Å². The van der Waals surface area contributed by atoms with Crippen LogP contribution in [0.1, 0.15) is 5.56 Å². The highest BCUT2D eigenvalue weighted by Gasteiger charge is 2.04. The van der Waals surface area contributed by atoms with E-state index in [9.17, 15) is 4.79 Å². The predicted molar refractivity (Wildman–Crippen MR) is 101 cm³/mol. The van der Waals surface area contributed by atoms with Gasteiger partial charge in [0.1, 0.15) is 0 Å². The average molecular weight is 352 g/mol. The Hall–Kier alpha value is -2.60. The lowest BCUT2D eigenvalue weighted by Gasteiger charge is -2.06. The summed E-state index contributed by atoms with van der Waals surface area (Å²) in [4.78, 5) is 15.9. The molecule has 5 nitrogen and oxygen atoms in total. The van der Waals surface area contributed by atoms with Crippen molar-refractivity contribution in [1.82, 2.24) is 20.1 Å². The molecule has 128 valence electrons. The average Bonchev–Trinajstić information content (AvgIpc) is 3.12. The monoisotopic (exact) mass is 352 g/mol. The first kappa shape index (κ1) is 17.2. The van der Waals surface area contributed by atoms with Crippen molar-refractivity contribution in [2.24, 2.45) is 0 Å². The fourth-order valence-corrected chi connectivity index (χ4v) is 3.18. The molecule has 0 aliphatic heterocycles. The summed E-state index contributed by atoms with van der Waals surface area (Å²) in [5.41, 5.74) is 3.18. The quantitative estimate of drug-likeness (QED) is 0.677. The standard InChI is InChI=1S/C19H20N4OS/c24-19(15-25-14-16-4-2-1-3-5-16)21-11-13-23-12-8-18(22-23)17-6-9-20-10-7-17/h1-10,12H,11,13-15H2,(H,21,24). The van der Waals surface area contributed by atoms with Crippen LogP contribution in [-0.2, 0) is 17.1 Å². The molecule has 0 spiro atoms. The van der Waals surface area contributed by atoms with Gasteiger partial charge in [-0.25, -0.2) is 0 Å². The second-order valence-corrected chi connectivity index (χ2v) is 6.51. The number of carbonyl (C=O) groups is 1. The van der Waals surface area contributed by atoms with E-state index in [-0.39, 0.29) is 5.91 Å². The Morgan fingerprint density at radius 3 is 2.68 bits per heavy atom. The highest BCUT2D eigenvalue weighted by atomic mass is 32.2. The summed E-state index contributed by atoms with van der Waals surface area (Å²) in [5.74, 6) is 1.38. The summed E-state index contributed by atoms with van der Waals surface area (Å²) in [5, 5.41) is 7.45. The number of carbonyl (C=O) groups excluding carboxylic acids is 1. The van der Waals surface area contributed by atoms with Crippen molar-refractivity contribution in [3.05, 3.63) is 72.7 Å². The summed E-state index contributed by atoms with van der Waals surface area (Å²) in [7, 11) is 0. The fraction of sp³-hybridized carbons (Fsp3) is 0.211. The minimum atomic E-state index is 0.0578. The zero-order valence-electron chi connectivity index (χ0n) is 13.8. The number of nitrogens with one attached hydrogen (secondary N) is 1. The number of hydrogen-bond donors (Lipinski definition) is 1. The molecule has 6 heteroatoms. The molecular formula is C19H20N4OS. The molecule has 3 rings (SSSR count). The maximum Gasteiger partial charge on any atom is 0.230 e. The third-order valence-corrected chi connectivity index (χ3v) is 4.63. The minimum absolute atomic E-state index is 0.0578. The Labute approximate surface area is 151 Å². The van der Waals surface area contributed by atoms with E-state index < -0.39 is 0 Å². The zero-order chi connectivity index (χ0) is 17.3. The van der Waals surface area contributed by atoms with Crippen molar-refractivity contribution >= 4 is 17.7 Å². The lowest BCUT2D eigenvalue weighted by atomic mass is 10.2. The SMILES string of the molecule is O=C(CSCc1ccccc1)NCCn1ccc(-c2ccncc2)n1. The molecule has 0 unspecified atom stereocenters. The number of pyridine rings is 1. The van der Waals surface area contributed by atoms with Gasteiger partial charge in [0.2, 0.25) is 5.91 Å². The van der Waals surface area contributed by atoms with Crippen LogP contribution in [0, 0.1) is 0 Å². The molecule has 2 heterocycles. The normalized spacial score (nSPS) is 10.6. The highest BCUT2D eigenvalue weighted by Crippen LogP contribution is 2.14. The van der Waals surface area contributed by atoms with Crippen LogP contribution in [0.3, 0.4) is 0 Å². The number of amides is 1. The van der Waals surface area contributed by atoms with Crippen LogP contribution < -0.4 is 5.32 Å². The lowest BCUT2D eigenvalue weighted by Crippen LogP contribution is -2.28. The summed E-state index contributed by atoms with van der Waals surface area (Å²) < 4.78 is 1.84. The molecule has 0 aliphatic rings. The number of rotatable bonds is 8. The fourth-order valence-electron chi connectivity index (χ4n) is 2.36. The van der Waals surface area contributed by atoms with Crippen molar-refractivity contribution < 1.29 is 4.79 Å².